The van der Waals surface area contributed by atoms with Crippen molar-refractivity contribution in [3.63, 3.8) is 0 Å². The van der Waals surface area contributed by atoms with Crippen LogP contribution in [0, 0.1) is 67.3 Å². The Morgan fingerprint density at radius 3 is 1.33 bits per heavy atom. The first-order chi connectivity index (χ1) is 22.2. The molecule has 5 fully saturated rings. The third kappa shape index (κ3) is 7.94. The maximum atomic E-state index is 12.1. The van der Waals surface area contributed by atoms with E-state index in [1.807, 2.05) is 24.3 Å². The molecular formula is C32H38N3O12Pt-3. The number of imide groups is 2. The van der Waals surface area contributed by atoms with E-state index in [2.05, 4.69) is 18.8 Å². The zero-order valence-corrected chi connectivity index (χ0v) is 28.2. The van der Waals surface area contributed by atoms with Gasteiger partial charge in [0, 0.05) is 21.1 Å². The van der Waals surface area contributed by atoms with E-state index in [4.69, 9.17) is 30.6 Å². The van der Waals surface area contributed by atoms with Gasteiger partial charge < -0.3 is 32.7 Å². The van der Waals surface area contributed by atoms with Gasteiger partial charge in [-0.15, -0.1) is 0 Å². The molecule has 48 heavy (non-hydrogen) atoms. The number of nitrogens with one attached hydrogen (secondary N) is 1. The van der Waals surface area contributed by atoms with E-state index in [9.17, 15) is 28.8 Å². The van der Waals surface area contributed by atoms with Crippen LogP contribution in [0.1, 0.15) is 38.5 Å². The minimum atomic E-state index is -1.82. The summed E-state index contributed by atoms with van der Waals surface area (Å²) in [5, 5.41) is 23.4. The van der Waals surface area contributed by atoms with Crippen molar-refractivity contribution in [2.45, 2.75) is 44.6 Å². The minimum Gasteiger partial charge on any atom is -0.677 e. The number of likely N-dealkylation sites (tertiary alicyclic amines) is 2. The summed E-state index contributed by atoms with van der Waals surface area (Å²) in [4.78, 5) is 89.8. The van der Waals surface area contributed by atoms with Crippen molar-refractivity contribution < 1.29 is 79.5 Å². The van der Waals surface area contributed by atoms with Gasteiger partial charge in [-0.3, -0.25) is 38.6 Å². The summed E-state index contributed by atoms with van der Waals surface area (Å²) in [7, 11) is 2.98. The Labute approximate surface area is 291 Å². The average molecular weight is 852 g/mol. The van der Waals surface area contributed by atoms with E-state index in [1.165, 1.54) is 19.3 Å². The summed E-state index contributed by atoms with van der Waals surface area (Å²) in [5.41, 5.74) is 7.42. The van der Waals surface area contributed by atoms with Crippen LogP contribution in [0.15, 0.2) is 24.3 Å². The van der Waals surface area contributed by atoms with Crippen molar-refractivity contribution in [1.29, 1.82) is 0 Å². The molecule has 0 aromatic heterocycles. The average Bonchev–Trinajstić information content (AvgIpc) is 3.88. The number of rotatable bonds is 4. The normalized spacial score (nSPS) is 34.1. The fraction of sp³-hybridized carbons (Fsp3) is 0.562. The SMILES string of the molecule is O=C(O)C(=O)O.O=C(O)CN1C(=O)[C@@H]2[C@H](C1=O)[C@H]1C=C[C@@H]2C1.[CH2-]C1CCCCC1[NH-].[CH2-]OC(=O)CN1C(=O)[C@@H]2[C@H](C1=O)[C@H]1C=C[C@@H]2C1.[Pt]. The van der Waals surface area contributed by atoms with E-state index in [0.29, 0.717) is 5.92 Å². The van der Waals surface area contributed by atoms with Crippen molar-refractivity contribution in [2.24, 2.45) is 53.3 Å². The predicted octanol–water partition coefficient (Wildman–Crippen LogP) is 1.59. The topological polar surface area (TPSA) is 237 Å². The Balaban J connectivity index is 0.000000187. The molecule has 266 valence electrons. The molecule has 4 N–H and O–H groups in total. The van der Waals surface area contributed by atoms with Gasteiger partial charge in [-0.05, 0) is 36.5 Å². The number of carboxylic acid groups (broad SMARTS) is 3. The number of carbonyl (C=O) groups excluding carboxylic acids is 5. The van der Waals surface area contributed by atoms with Crippen LogP contribution in [0.3, 0.4) is 0 Å². The van der Waals surface area contributed by atoms with Crippen LogP contribution in [0.25, 0.3) is 5.73 Å². The number of fused-ring (bicyclic) bond motifs is 10. The monoisotopic (exact) mass is 851 g/mol. The van der Waals surface area contributed by atoms with Crippen LogP contribution in [0.4, 0.5) is 0 Å². The quantitative estimate of drug-likeness (QED) is 0.120. The Kier molecular flexibility index (Phi) is 13.0. The van der Waals surface area contributed by atoms with Gasteiger partial charge in [0.25, 0.3) is 5.97 Å². The first kappa shape index (κ1) is 38.7. The molecule has 4 bridgehead atoms. The van der Waals surface area contributed by atoms with Gasteiger partial charge in [0.05, 0.1) is 23.7 Å². The molecule has 4 amide bonds. The van der Waals surface area contributed by atoms with Gasteiger partial charge in [0.15, 0.2) is 0 Å². The van der Waals surface area contributed by atoms with E-state index >= 15 is 0 Å². The standard InChI is InChI=1S/C12H12NO4.C11H11NO4.C7H13N.C2H2O4.Pt/c1-17-8(14)5-13-11(15)9-6-2-3-7(4-6)10(9)12(13)16;13-7(14)4-12-10(15)8-5-1-2-6(3-5)9(8)11(12)16;1-6-4-2-3-5-7(6)8;3-1(4)2(5)6;/h2-3,6-7,9-10H,1,4-5H2;1-2,5-6,8-9H,3-4H2,(H,13,14);6-8H,1-5H2;(H,3,4)(H,5,6);/q-1;;-2;;/t6-,7+,9+,10-;5-,6+,8+,9-;;;. The molecule has 0 spiro atoms. The molecule has 15 nitrogen and oxygen atoms in total. The van der Waals surface area contributed by atoms with Crippen molar-refractivity contribution in [2.75, 3.05) is 13.1 Å². The smallest absolute Gasteiger partial charge is 0.414 e. The van der Waals surface area contributed by atoms with Gasteiger partial charge in [0.1, 0.15) is 13.1 Å². The zero-order valence-electron chi connectivity index (χ0n) is 25.9. The summed E-state index contributed by atoms with van der Waals surface area (Å²) in [6.07, 6.45) is 14.6. The van der Waals surface area contributed by atoms with E-state index in [-0.39, 0.29) is 105 Å². The molecule has 3 saturated carbocycles. The molecule has 2 aliphatic heterocycles. The van der Waals surface area contributed by atoms with Crippen molar-refractivity contribution in [3.8, 4) is 0 Å². The van der Waals surface area contributed by atoms with Crippen LogP contribution < -0.4 is 0 Å². The Morgan fingerprint density at radius 2 is 1.06 bits per heavy atom. The molecule has 2 saturated heterocycles. The fourth-order valence-electron chi connectivity index (χ4n) is 7.76. The van der Waals surface area contributed by atoms with Crippen molar-refractivity contribution >= 4 is 47.5 Å². The zero-order chi connectivity index (χ0) is 34.7. The molecule has 16 heteroatoms. The van der Waals surface area contributed by atoms with Crippen molar-refractivity contribution in [1.82, 2.24) is 9.80 Å². The Morgan fingerprint density at radius 1 is 0.708 bits per heavy atom. The number of aliphatic carboxylic acids is 3. The minimum absolute atomic E-state index is 0. The molecule has 0 radical (unpaired) electrons. The van der Waals surface area contributed by atoms with Crippen molar-refractivity contribution in [3.05, 3.63) is 44.1 Å². The second-order valence-electron chi connectivity index (χ2n) is 12.7. The predicted molar refractivity (Wildman–Crippen MR) is 159 cm³/mol. The largest absolute Gasteiger partial charge is 0.677 e. The van der Waals surface area contributed by atoms with Crippen LogP contribution in [0.5, 0.6) is 0 Å². The van der Waals surface area contributed by atoms with Gasteiger partial charge in [-0.1, -0.05) is 50.0 Å². The second kappa shape index (κ2) is 16.1. The number of carboxylic acids is 3. The number of nitrogens with zero attached hydrogens (tertiary/aromatic N) is 2. The first-order valence-electron chi connectivity index (χ1n) is 15.4. The molecule has 5 aliphatic carbocycles. The molecule has 7 aliphatic rings. The second-order valence-corrected chi connectivity index (χ2v) is 12.7. The van der Waals surface area contributed by atoms with E-state index in [0.717, 1.165) is 29.1 Å². The van der Waals surface area contributed by atoms with Gasteiger partial charge in [-0.25, -0.2) is 9.59 Å². The summed E-state index contributed by atoms with van der Waals surface area (Å²) in [6, 6.07) is 0.142. The maximum Gasteiger partial charge on any atom is 0.414 e. The van der Waals surface area contributed by atoms with Crippen LogP contribution in [-0.2, 0) is 64.2 Å². The number of ether oxygens (including phenoxy) is 1. The Bertz CT molecular complexity index is 1320. The molecule has 0 aromatic carbocycles. The van der Waals surface area contributed by atoms with Gasteiger partial charge >= 0.3 is 17.9 Å². The fourth-order valence-corrected chi connectivity index (χ4v) is 7.76. The van der Waals surface area contributed by atoms with Crippen LogP contribution in [-0.4, -0.2) is 91.8 Å². The number of amides is 4. The molecule has 0 aromatic rings. The van der Waals surface area contributed by atoms with Gasteiger partial charge in [0.2, 0.25) is 23.6 Å². The summed E-state index contributed by atoms with van der Waals surface area (Å²) in [5.74, 6) is -6.55. The maximum absolute atomic E-state index is 12.1. The Hall–Kier alpha value is -3.71. The van der Waals surface area contributed by atoms with Crippen LogP contribution >= 0.6 is 0 Å². The molecule has 2 heterocycles. The summed E-state index contributed by atoms with van der Waals surface area (Å²) < 4.78 is 4.25. The molecule has 7 rings (SSSR count). The first-order valence-corrected chi connectivity index (χ1v) is 15.4. The number of hydrogen-bond acceptors (Lipinski definition) is 9. The number of esters is 1. The third-order valence-corrected chi connectivity index (χ3v) is 9.96. The molecular weight excluding hydrogens is 813 g/mol. The van der Waals surface area contributed by atoms with E-state index < -0.39 is 30.4 Å². The summed E-state index contributed by atoms with van der Waals surface area (Å²) >= 11 is 0. The van der Waals surface area contributed by atoms with E-state index in [1.54, 1.807) is 0 Å². The molecule has 10 atom stereocenters. The number of carbonyl (C=O) groups is 8. The number of allylic oxidation sites excluding steroid dienone is 4. The molecule has 2 unspecified atom stereocenters. The van der Waals surface area contributed by atoms with Crippen LogP contribution in [0.2, 0.25) is 0 Å². The third-order valence-electron chi connectivity index (χ3n) is 9.96. The van der Waals surface area contributed by atoms with Gasteiger partial charge in [-0.2, -0.15) is 19.1 Å². The summed E-state index contributed by atoms with van der Waals surface area (Å²) in [6.45, 7) is 3.08. The number of hydrogen-bond donors (Lipinski definition) is 3.